The molecule has 1 aliphatic heterocycles. The molecule has 0 bridgehead atoms. The van der Waals surface area contributed by atoms with Crippen molar-refractivity contribution in [3.05, 3.63) is 65.5 Å². The van der Waals surface area contributed by atoms with E-state index >= 15 is 0 Å². The third-order valence-electron chi connectivity index (χ3n) is 3.68. The number of hydrogen-bond acceptors (Lipinski definition) is 4. The Bertz CT molecular complexity index is 583. The molecule has 1 aromatic carbocycles. The van der Waals surface area contributed by atoms with Crippen LogP contribution in [0.15, 0.2) is 48.5 Å². The number of hydrogen-bond donors (Lipinski definition) is 0. The number of rotatable bonds is 6. The fourth-order valence-corrected chi connectivity index (χ4v) is 2.67. The number of aryl methyl sites for hydroxylation is 1. The van der Waals surface area contributed by atoms with Crippen LogP contribution < -0.4 is 0 Å². The predicted octanol–water partition coefficient (Wildman–Crippen LogP) is 2.77. The first-order chi connectivity index (χ1) is 10.8. The van der Waals surface area contributed by atoms with Gasteiger partial charge in [0, 0.05) is 18.8 Å². The van der Waals surface area contributed by atoms with Crippen LogP contribution in [0.5, 0.6) is 0 Å². The predicted molar refractivity (Wildman–Crippen MR) is 85.2 cm³/mol. The Labute approximate surface area is 131 Å². The van der Waals surface area contributed by atoms with Gasteiger partial charge in [-0.05, 0) is 24.6 Å². The van der Waals surface area contributed by atoms with E-state index in [2.05, 4.69) is 46.3 Å². The van der Waals surface area contributed by atoms with Crippen LogP contribution >= 0.6 is 0 Å². The molecule has 1 fully saturated rings. The summed E-state index contributed by atoms with van der Waals surface area (Å²) in [6.45, 7) is 5.80. The Kier molecular flexibility index (Phi) is 5.16. The largest absolute Gasteiger partial charge is 0.349 e. The van der Waals surface area contributed by atoms with E-state index in [-0.39, 0.29) is 6.29 Å². The van der Waals surface area contributed by atoms with Crippen LogP contribution in [0.4, 0.5) is 0 Å². The molecule has 4 nitrogen and oxygen atoms in total. The van der Waals surface area contributed by atoms with Crippen molar-refractivity contribution in [1.29, 1.82) is 0 Å². The van der Waals surface area contributed by atoms with Gasteiger partial charge in [-0.25, -0.2) is 0 Å². The Morgan fingerprint density at radius 3 is 2.50 bits per heavy atom. The van der Waals surface area contributed by atoms with Crippen LogP contribution in [-0.4, -0.2) is 35.9 Å². The van der Waals surface area contributed by atoms with E-state index in [0.717, 1.165) is 31.0 Å². The van der Waals surface area contributed by atoms with Crippen LogP contribution in [-0.2, 0) is 22.6 Å². The Morgan fingerprint density at radius 1 is 1.00 bits per heavy atom. The van der Waals surface area contributed by atoms with Crippen LogP contribution in [0, 0.1) is 6.92 Å². The molecule has 0 atom stereocenters. The first kappa shape index (κ1) is 15.2. The van der Waals surface area contributed by atoms with Gasteiger partial charge in [0.2, 0.25) is 0 Å². The van der Waals surface area contributed by atoms with Gasteiger partial charge in [-0.3, -0.25) is 9.88 Å². The molecule has 0 radical (unpaired) electrons. The molecule has 0 aliphatic carbocycles. The lowest BCUT2D eigenvalue weighted by Gasteiger charge is -2.24. The van der Waals surface area contributed by atoms with Crippen LogP contribution in [0.2, 0.25) is 0 Å². The molecule has 0 unspecified atom stereocenters. The minimum atomic E-state index is -0.131. The van der Waals surface area contributed by atoms with Crippen molar-refractivity contribution in [2.45, 2.75) is 26.3 Å². The standard InChI is InChI=1S/C18H22N2O2/c1-15-6-5-9-17(19-15)13-20(14-18-21-10-11-22-18)12-16-7-3-2-4-8-16/h2-9,18H,10-14H2,1H3. The highest BCUT2D eigenvalue weighted by Crippen LogP contribution is 2.13. The summed E-state index contributed by atoms with van der Waals surface area (Å²) in [5.74, 6) is 0. The van der Waals surface area contributed by atoms with Crippen molar-refractivity contribution in [1.82, 2.24) is 9.88 Å². The molecule has 2 aromatic rings. The third kappa shape index (κ3) is 4.37. The fraction of sp³-hybridized carbons (Fsp3) is 0.389. The minimum absolute atomic E-state index is 0.131. The molecule has 1 saturated heterocycles. The zero-order valence-electron chi connectivity index (χ0n) is 12.9. The smallest absolute Gasteiger partial charge is 0.170 e. The zero-order valence-corrected chi connectivity index (χ0v) is 12.9. The maximum atomic E-state index is 5.60. The summed E-state index contributed by atoms with van der Waals surface area (Å²) in [7, 11) is 0. The Balaban J connectivity index is 1.70. The maximum Gasteiger partial charge on any atom is 0.170 e. The van der Waals surface area contributed by atoms with Crippen molar-refractivity contribution in [2.75, 3.05) is 19.8 Å². The molecule has 0 spiro atoms. The lowest BCUT2D eigenvalue weighted by molar-refractivity contribution is -0.0648. The highest BCUT2D eigenvalue weighted by molar-refractivity contribution is 5.15. The van der Waals surface area contributed by atoms with Gasteiger partial charge in [0.05, 0.1) is 25.5 Å². The molecule has 116 valence electrons. The SMILES string of the molecule is Cc1cccc(CN(Cc2ccccc2)CC2OCCO2)n1. The van der Waals surface area contributed by atoms with E-state index in [9.17, 15) is 0 Å². The summed E-state index contributed by atoms with van der Waals surface area (Å²) in [6, 6.07) is 16.6. The lowest BCUT2D eigenvalue weighted by atomic mass is 10.2. The first-order valence-corrected chi connectivity index (χ1v) is 7.71. The molecular weight excluding hydrogens is 276 g/mol. The van der Waals surface area contributed by atoms with Gasteiger partial charge < -0.3 is 9.47 Å². The molecule has 0 saturated carbocycles. The second-order valence-corrected chi connectivity index (χ2v) is 5.60. The summed E-state index contributed by atoms with van der Waals surface area (Å²) in [6.07, 6.45) is -0.131. The highest BCUT2D eigenvalue weighted by Gasteiger charge is 2.20. The number of pyridine rings is 1. The summed E-state index contributed by atoms with van der Waals surface area (Å²) in [5, 5.41) is 0. The van der Waals surface area contributed by atoms with Crippen molar-refractivity contribution in [3.8, 4) is 0 Å². The summed E-state index contributed by atoms with van der Waals surface area (Å²) >= 11 is 0. The first-order valence-electron chi connectivity index (χ1n) is 7.71. The molecule has 3 rings (SSSR count). The van der Waals surface area contributed by atoms with Crippen molar-refractivity contribution in [3.63, 3.8) is 0 Å². The second kappa shape index (κ2) is 7.49. The minimum Gasteiger partial charge on any atom is -0.349 e. The van der Waals surface area contributed by atoms with Gasteiger partial charge in [-0.1, -0.05) is 36.4 Å². The van der Waals surface area contributed by atoms with E-state index in [4.69, 9.17) is 9.47 Å². The van der Waals surface area contributed by atoms with Crippen molar-refractivity contribution >= 4 is 0 Å². The molecule has 2 heterocycles. The van der Waals surface area contributed by atoms with Gasteiger partial charge in [0.1, 0.15) is 0 Å². The average molecular weight is 298 g/mol. The maximum absolute atomic E-state index is 5.60. The summed E-state index contributed by atoms with van der Waals surface area (Å²) in [5.41, 5.74) is 3.41. The Hall–Kier alpha value is -1.75. The quantitative estimate of drug-likeness (QED) is 0.821. The van der Waals surface area contributed by atoms with Crippen LogP contribution in [0.1, 0.15) is 17.0 Å². The van der Waals surface area contributed by atoms with Crippen molar-refractivity contribution < 1.29 is 9.47 Å². The molecule has 22 heavy (non-hydrogen) atoms. The number of aromatic nitrogens is 1. The van der Waals surface area contributed by atoms with Gasteiger partial charge in [-0.15, -0.1) is 0 Å². The second-order valence-electron chi connectivity index (χ2n) is 5.60. The molecular formula is C18H22N2O2. The number of benzene rings is 1. The van der Waals surface area contributed by atoms with Gasteiger partial charge in [0.25, 0.3) is 0 Å². The van der Waals surface area contributed by atoms with Gasteiger partial charge >= 0.3 is 0 Å². The topological polar surface area (TPSA) is 34.6 Å². The third-order valence-corrected chi connectivity index (χ3v) is 3.68. The molecule has 1 aromatic heterocycles. The van der Waals surface area contributed by atoms with Gasteiger partial charge in [-0.2, -0.15) is 0 Å². The van der Waals surface area contributed by atoms with Crippen molar-refractivity contribution in [2.24, 2.45) is 0 Å². The van der Waals surface area contributed by atoms with Crippen LogP contribution in [0.3, 0.4) is 0 Å². The van der Waals surface area contributed by atoms with E-state index in [1.54, 1.807) is 0 Å². The fourth-order valence-electron chi connectivity index (χ4n) is 2.67. The summed E-state index contributed by atoms with van der Waals surface area (Å²) in [4.78, 5) is 6.93. The number of nitrogens with zero attached hydrogens (tertiary/aromatic N) is 2. The van der Waals surface area contributed by atoms with Gasteiger partial charge in [0.15, 0.2) is 6.29 Å². The Morgan fingerprint density at radius 2 is 1.77 bits per heavy atom. The highest BCUT2D eigenvalue weighted by atomic mass is 16.7. The van der Waals surface area contributed by atoms with E-state index in [0.29, 0.717) is 13.2 Å². The van der Waals surface area contributed by atoms with E-state index < -0.39 is 0 Å². The number of ether oxygens (including phenoxy) is 2. The van der Waals surface area contributed by atoms with Crippen LogP contribution in [0.25, 0.3) is 0 Å². The van der Waals surface area contributed by atoms with E-state index in [1.165, 1.54) is 5.56 Å². The molecule has 0 amide bonds. The monoisotopic (exact) mass is 298 g/mol. The van der Waals surface area contributed by atoms with E-state index in [1.807, 2.05) is 19.1 Å². The zero-order chi connectivity index (χ0) is 15.2. The molecule has 0 N–H and O–H groups in total. The summed E-state index contributed by atoms with van der Waals surface area (Å²) < 4.78 is 11.2. The lowest BCUT2D eigenvalue weighted by Crippen LogP contribution is -2.32. The normalized spacial score (nSPS) is 15.5. The molecule has 1 aliphatic rings. The average Bonchev–Trinajstić information content (AvgIpc) is 3.01. The molecule has 4 heteroatoms.